The first-order chi connectivity index (χ1) is 9.22. The van der Waals surface area contributed by atoms with Crippen molar-refractivity contribution in [2.24, 2.45) is 5.73 Å². The van der Waals surface area contributed by atoms with Crippen molar-refractivity contribution in [2.75, 3.05) is 13.1 Å². The summed E-state index contributed by atoms with van der Waals surface area (Å²) in [6.07, 6.45) is 5.66. The van der Waals surface area contributed by atoms with Crippen LogP contribution >= 0.6 is 22.6 Å². The minimum absolute atomic E-state index is 0.165. The summed E-state index contributed by atoms with van der Waals surface area (Å²) in [5.41, 5.74) is 6.72. The van der Waals surface area contributed by atoms with Gasteiger partial charge in [0.1, 0.15) is 0 Å². The van der Waals surface area contributed by atoms with Crippen molar-refractivity contribution < 1.29 is 4.79 Å². The quantitative estimate of drug-likeness (QED) is 0.516. The van der Waals surface area contributed by atoms with Crippen molar-refractivity contribution >= 4 is 28.5 Å². The molecule has 0 aromatic heterocycles. The Bertz CT molecular complexity index is 365. The average Bonchev–Trinajstić information content (AvgIpc) is 2.41. The van der Waals surface area contributed by atoms with Crippen LogP contribution in [0.4, 0.5) is 0 Å². The molecule has 0 heterocycles. The second kappa shape index (κ2) is 10.2. The number of nitrogens with one attached hydrogen (secondary N) is 1. The molecule has 3 N–H and O–H groups in total. The Hall–Kier alpha value is -0.620. The third kappa shape index (κ3) is 8.21. The molecule has 106 valence electrons. The molecule has 0 saturated carbocycles. The Morgan fingerprint density at radius 2 is 1.84 bits per heavy atom. The zero-order valence-electron chi connectivity index (χ0n) is 11.3. The van der Waals surface area contributed by atoms with Gasteiger partial charge in [0.15, 0.2) is 0 Å². The van der Waals surface area contributed by atoms with E-state index in [1.807, 2.05) is 0 Å². The van der Waals surface area contributed by atoms with Gasteiger partial charge < -0.3 is 11.1 Å². The molecule has 1 amide bonds. The highest BCUT2D eigenvalue weighted by molar-refractivity contribution is 14.1. The van der Waals surface area contributed by atoms with Gasteiger partial charge in [-0.25, -0.2) is 0 Å². The van der Waals surface area contributed by atoms with E-state index in [1.165, 1.54) is 9.13 Å². The lowest BCUT2D eigenvalue weighted by Crippen LogP contribution is -2.24. The summed E-state index contributed by atoms with van der Waals surface area (Å²) in [7, 11) is 0. The van der Waals surface area contributed by atoms with Crippen LogP contribution in [0.1, 0.15) is 37.7 Å². The lowest BCUT2D eigenvalue weighted by molar-refractivity contribution is -0.121. The number of aryl methyl sites for hydroxylation is 1. The fraction of sp³-hybridized carbons (Fsp3) is 0.533. The zero-order chi connectivity index (χ0) is 13.9. The molecule has 0 aliphatic heterocycles. The third-order valence-corrected chi connectivity index (χ3v) is 3.70. The summed E-state index contributed by atoms with van der Waals surface area (Å²) in [5.74, 6) is 0.165. The molecular formula is C15H23IN2O. The van der Waals surface area contributed by atoms with E-state index >= 15 is 0 Å². The molecule has 0 bridgehead atoms. The molecule has 3 nitrogen and oxygen atoms in total. The van der Waals surface area contributed by atoms with E-state index in [-0.39, 0.29) is 5.91 Å². The molecule has 0 fully saturated rings. The maximum atomic E-state index is 11.6. The average molecular weight is 374 g/mol. The summed E-state index contributed by atoms with van der Waals surface area (Å²) in [5, 5.41) is 2.96. The summed E-state index contributed by atoms with van der Waals surface area (Å²) in [6.45, 7) is 1.52. The topological polar surface area (TPSA) is 55.1 Å². The van der Waals surface area contributed by atoms with Crippen LogP contribution in [-0.4, -0.2) is 19.0 Å². The molecule has 1 aromatic carbocycles. The van der Waals surface area contributed by atoms with Crippen LogP contribution in [0.3, 0.4) is 0 Å². The predicted molar refractivity (Wildman–Crippen MR) is 88.0 cm³/mol. The van der Waals surface area contributed by atoms with E-state index in [9.17, 15) is 4.79 Å². The zero-order valence-corrected chi connectivity index (χ0v) is 13.5. The van der Waals surface area contributed by atoms with Gasteiger partial charge in [-0.05, 0) is 72.5 Å². The minimum Gasteiger partial charge on any atom is -0.356 e. The SMILES string of the molecule is NCCCCCNC(=O)CCCc1ccc(I)cc1. The fourth-order valence-electron chi connectivity index (χ4n) is 1.87. The maximum absolute atomic E-state index is 11.6. The number of unbranched alkanes of at least 4 members (excludes halogenated alkanes) is 2. The molecule has 0 atom stereocenters. The summed E-state index contributed by atoms with van der Waals surface area (Å²) >= 11 is 2.30. The van der Waals surface area contributed by atoms with Crippen LogP contribution in [0.5, 0.6) is 0 Å². The number of hydrogen-bond donors (Lipinski definition) is 2. The van der Waals surface area contributed by atoms with Crippen molar-refractivity contribution in [1.82, 2.24) is 5.32 Å². The number of amides is 1. The maximum Gasteiger partial charge on any atom is 0.220 e. The molecule has 0 spiro atoms. The first-order valence-corrected chi connectivity index (χ1v) is 8.01. The molecule has 19 heavy (non-hydrogen) atoms. The van der Waals surface area contributed by atoms with Crippen molar-refractivity contribution in [3.8, 4) is 0 Å². The molecule has 0 saturated heterocycles. The number of carbonyl (C=O) groups excluding carboxylic acids is 1. The van der Waals surface area contributed by atoms with Crippen LogP contribution in [0, 0.1) is 3.57 Å². The van der Waals surface area contributed by atoms with Crippen LogP contribution in [0.25, 0.3) is 0 Å². The standard InChI is InChI=1S/C15H23IN2O/c16-14-9-7-13(8-10-14)5-4-6-15(19)18-12-3-1-2-11-17/h7-10H,1-6,11-12,17H2,(H,18,19). The summed E-state index contributed by atoms with van der Waals surface area (Å²) in [4.78, 5) is 11.6. The Kier molecular flexibility index (Phi) is 8.82. The molecular weight excluding hydrogens is 351 g/mol. The Morgan fingerprint density at radius 1 is 1.11 bits per heavy atom. The van der Waals surface area contributed by atoms with E-state index in [1.54, 1.807) is 0 Å². The smallest absolute Gasteiger partial charge is 0.220 e. The van der Waals surface area contributed by atoms with Gasteiger partial charge in [0.25, 0.3) is 0 Å². The van der Waals surface area contributed by atoms with Crippen molar-refractivity contribution in [3.05, 3.63) is 33.4 Å². The summed E-state index contributed by atoms with van der Waals surface area (Å²) in [6, 6.07) is 8.47. The van der Waals surface area contributed by atoms with E-state index in [0.29, 0.717) is 6.42 Å². The second-order valence-electron chi connectivity index (χ2n) is 4.68. The molecule has 1 rings (SSSR count). The molecule has 0 unspecified atom stereocenters. The van der Waals surface area contributed by atoms with Gasteiger partial charge in [-0.1, -0.05) is 18.6 Å². The Labute approximate surface area is 129 Å². The van der Waals surface area contributed by atoms with Crippen LogP contribution in [0.2, 0.25) is 0 Å². The molecule has 0 aliphatic rings. The van der Waals surface area contributed by atoms with Gasteiger partial charge in [-0.15, -0.1) is 0 Å². The monoisotopic (exact) mass is 374 g/mol. The Morgan fingerprint density at radius 3 is 2.53 bits per heavy atom. The molecule has 1 aromatic rings. The van der Waals surface area contributed by atoms with Gasteiger partial charge in [0, 0.05) is 16.5 Å². The van der Waals surface area contributed by atoms with Crippen LogP contribution < -0.4 is 11.1 Å². The van der Waals surface area contributed by atoms with E-state index in [4.69, 9.17) is 5.73 Å². The summed E-state index contributed by atoms with van der Waals surface area (Å²) < 4.78 is 1.25. The van der Waals surface area contributed by atoms with Gasteiger partial charge in [0.05, 0.1) is 0 Å². The number of benzene rings is 1. The van der Waals surface area contributed by atoms with E-state index < -0.39 is 0 Å². The number of carbonyl (C=O) groups is 1. The van der Waals surface area contributed by atoms with E-state index in [0.717, 1.165) is 45.2 Å². The van der Waals surface area contributed by atoms with Crippen molar-refractivity contribution in [3.63, 3.8) is 0 Å². The lowest BCUT2D eigenvalue weighted by Gasteiger charge is -2.05. The molecule has 0 radical (unpaired) electrons. The van der Waals surface area contributed by atoms with Gasteiger partial charge in [-0.2, -0.15) is 0 Å². The highest BCUT2D eigenvalue weighted by atomic mass is 127. The normalized spacial score (nSPS) is 10.4. The highest BCUT2D eigenvalue weighted by Gasteiger charge is 2.01. The lowest BCUT2D eigenvalue weighted by atomic mass is 10.1. The number of halogens is 1. The largest absolute Gasteiger partial charge is 0.356 e. The van der Waals surface area contributed by atoms with Crippen molar-refractivity contribution in [2.45, 2.75) is 38.5 Å². The van der Waals surface area contributed by atoms with Gasteiger partial charge in [0.2, 0.25) is 5.91 Å². The molecule has 0 aliphatic carbocycles. The third-order valence-electron chi connectivity index (χ3n) is 2.99. The Balaban J connectivity index is 2.05. The molecule has 4 heteroatoms. The number of hydrogen-bond acceptors (Lipinski definition) is 2. The van der Waals surface area contributed by atoms with Crippen molar-refractivity contribution in [1.29, 1.82) is 0 Å². The van der Waals surface area contributed by atoms with E-state index in [2.05, 4.69) is 52.2 Å². The second-order valence-corrected chi connectivity index (χ2v) is 5.92. The number of nitrogens with two attached hydrogens (primary N) is 1. The number of rotatable bonds is 9. The van der Waals surface area contributed by atoms with Gasteiger partial charge in [-0.3, -0.25) is 4.79 Å². The predicted octanol–water partition coefficient (Wildman–Crippen LogP) is 2.86. The highest BCUT2D eigenvalue weighted by Crippen LogP contribution is 2.09. The minimum atomic E-state index is 0.165. The van der Waals surface area contributed by atoms with Crippen LogP contribution in [0.15, 0.2) is 24.3 Å². The first kappa shape index (κ1) is 16.4. The van der Waals surface area contributed by atoms with Gasteiger partial charge >= 0.3 is 0 Å². The van der Waals surface area contributed by atoms with Crippen LogP contribution in [-0.2, 0) is 11.2 Å². The fourth-order valence-corrected chi connectivity index (χ4v) is 2.23. The first-order valence-electron chi connectivity index (χ1n) is 6.93.